The standard InChI is InChI=1S/C16H14ClN3S/c1-12-4-2-3-5-15(12)20-11-18-19-16(20)21-10-13-6-8-14(17)9-7-13/h2-9,11H,10H2,1H3. The first-order valence-electron chi connectivity index (χ1n) is 6.57. The summed E-state index contributed by atoms with van der Waals surface area (Å²) in [7, 11) is 0. The van der Waals surface area contributed by atoms with E-state index in [4.69, 9.17) is 11.6 Å². The number of nitrogens with zero attached hydrogens (tertiary/aromatic N) is 3. The van der Waals surface area contributed by atoms with Gasteiger partial charge in [-0.05, 0) is 36.2 Å². The number of thioether (sulfide) groups is 1. The molecule has 0 unspecified atom stereocenters. The maximum atomic E-state index is 5.90. The minimum absolute atomic E-state index is 0.756. The molecule has 21 heavy (non-hydrogen) atoms. The smallest absolute Gasteiger partial charge is 0.195 e. The molecule has 5 heteroatoms. The molecule has 3 rings (SSSR count). The minimum atomic E-state index is 0.756. The van der Waals surface area contributed by atoms with Gasteiger partial charge in [0.2, 0.25) is 0 Å². The normalized spacial score (nSPS) is 10.8. The van der Waals surface area contributed by atoms with E-state index in [1.54, 1.807) is 18.1 Å². The van der Waals surface area contributed by atoms with Crippen molar-refractivity contribution in [1.82, 2.24) is 14.8 Å². The molecule has 1 aromatic heterocycles. The highest BCUT2D eigenvalue weighted by Gasteiger charge is 2.09. The van der Waals surface area contributed by atoms with Crippen LogP contribution in [0.2, 0.25) is 5.02 Å². The number of halogens is 1. The number of benzene rings is 2. The van der Waals surface area contributed by atoms with Crippen molar-refractivity contribution >= 4 is 23.4 Å². The molecular formula is C16H14ClN3S. The fourth-order valence-electron chi connectivity index (χ4n) is 2.05. The molecule has 0 amide bonds. The Hall–Kier alpha value is -1.78. The third kappa shape index (κ3) is 3.28. The molecule has 0 bridgehead atoms. The van der Waals surface area contributed by atoms with Gasteiger partial charge in [0.1, 0.15) is 6.33 Å². The first-order chi connectivity index (χ1) is 10.2. The van der Waals surface area contributed by atoms with E-state index in [9.17, 15) is 0 Å². The molecule has 106 valence electrons. The minimum Gasteiger partial charge on any atom is -0.276 e. The number of aromatic nitrogens is 3. The predicted octanol–water partition coefficient (Wildman–Crippen LogP) is 4.52. The van der Waals surface area contributed by atoms with E-state index in [2.05, 4.69) is 29.3 Å². The van der Waals surface area contributed by atoms with Crippen LogP contribution in [0.5, 0.6) is 0 Å². The van der Waals surface area contributed by atoms with E-state index >= 15 is 0 Å². The molecule has 3 nitrogen and oxygen atoms in total. The Morgan fingerprint density at radius 2 is 1.86 bits per heavy atom. The van der Waals surface area contributed by atoms with Gasteiger partial charge in [-0.2, -0.15) is 0 Å². The van der Waals surface area contributed by atoms with Gasteiger partial charge in [0.05, 0.1) is 5.69 Å². The summed E-state index contributed by atoms with van der Waals surface area (Å²) in [5, 5.41) is 9.90. The summed E-state index contributed by atoms with van der Waals surface area (Å²) in [6.07, 6.45) is 1.76. The highest BCUT2D eigenvalue weighted by Crippen LogP contribution is 2.25. The van der Waals surface area contributed by atoms with Crippen LogP contribution in [0.3, 0.4) is 0 Å². The molecule has 0 atom stereocenters. The van der Waals surface area contributed by atoms with Crippen LogP contribution in [-0.2, 0) is 5.75 Å². The van der Waals surface area contributed by atoms with Crippen molar-refractivity contribution in [1.29, 1.82) is 0 Å². The van der Waals surface area contributed by atoms with Gasteiger partial charge in [-0.25, -0.2) is 0 Å². The fourth-order valence-corrected chi connectivity index (χ4v) is 3.05. The van der Waals surface area contributed by atoms with Crippen LogP contribution in [0.4, 0.5) is 0 Å². The second-order valence-corrected chi connectivity index (χ2v) is 6.06. The third-order valence-corrected chi connectivity index (χ3v) is 4.44. The number of rotatable bonds is 4. The molecule has 1 heterocycles. The maximum Gasteiger partial charge on any atom is 0.195 e. The molecule has 0 N–H and O–H groups in total. The maximum absolute atomic E-state index is 5.90. The third-order valence-electron chi connectivity index (χ3n) is 3.17. The molecule has 0 spiro atoms. The molecule has 0 saturated heterocycles. The second-order valence-electron chi connectivity index (χ2n) is 4.69. The molecule has 0 aliphatic carbocycles. The summed E-state index contributed by atoms with van der Waals surface area (Å²) in [6.45, 7) is 2.09. The second kappa shape index (κ2) is 6.33. The average molecular weight is 316 g/mol. The van der Waals surface area contributed by atoms with Gasteiger partial charge in [0, 0.05) is 10.8 Å². The van der Waals surface area contributed by atoms with Gasteiger partial charge in [-0.3, -0.25) is 4.57 Å². The van der Waals surface area contributed by atoms with Gasteiger partial charge >= 0.3 is 0 Å². The number of para-hydroxylation sites is 1. The Morgan fingerprint density at radius 3 is 2.62 bits per heavy atom. The van der Waals surface area contributed by atoms with Gasteiger partial charge in [-0.15, -0.1) is 10.2 Å². The van der Waals surface area contributed by atoms with Crippen molar-refractivity contribution in [3.8, 4) is 5.69 Å². The van der Waals surface area contributed by atoms with Crippen LogP contribution < -0.4 is 0 Å². The highest BCUT2D eigenvalue weighted by atomic mass is 35.5. The lowest BCUT2D eigenvalue weighted by molar-refractivity contribution is 0.878. The van der Waals surface area contributed by atoms with Crippen molar-refractivity contribution in [2.24, 2.45) is 0 Å². The zero-order valence-electron chi connectivity index (χ0n) is 11.5. The lowest BCUT2D eigenvalue weighted by Gasteiger charge is -2.09. The molecule has 0 saturated carbocycles. The predicted molar refractivity (Wildman–Crippen MR) is 87.1 cm³/mol. The van der Waals surface area contributed by atoms with Crippen LogP contribution in [0, 0.1) is 6.92 Å². The average Bonchev–Trinajstić information content (AvgIpc) is 2.95. The van der Waals surface area contributed by atoms with E-state index in [0.29, 0.717) is 0 Å². The highest BCUT2D eigenvalue weighted by molar-refractivity contribution is 7.98. The van der Waals surface area contributed by atoms with Crippen molar-refractivity contribution < 1.29 is 0 Å². The van der Waals surface area contributed by atoms with E-state index in [-0.39, 0.29) is 0 Å². The van der Waals surface area contributed by atoms with Crippen molar-refractivity contribution in [2.75, 3.05) is 0 Å². The Morgan fingerprint density at radius 1 is 1.10 bits per heavy atom. The largest absolute Gasteiger partial charge is 0.276 e. The summed E-state index contributed by atoms with van der Waals surface area (Å²) in [5.74, 6) is 0.835. The van der Waals surface area contributed by atoms with Crippen LogP contribution >= 0.6 is 23.4 Å². The fraction of sp³-hybridized carbons (Fsp3) is 0.125. The quantitative estimate of drug-likeness (QED) is 0.663. The first kappa shape index (κ1) is 14.2. The summed E-state index contributed by atoms with van der Waals surface area (Å²) >= 11 is 7.56. The zero-order valence-corrected chi connectivity index (χ0v) is 13.1. The lowest BCUT2D eigenvalue weighted by atomic mass is 10.2. The molecular weight excluding hydrogens is 302 g/mol. The number of aryl methyl sites for hydroxylation is 1. The molecule has 0 fully saturated rings. The van der Waals surface area contributed by atoms with Crippen LogP contribution in [0.15, 0.2) is 60.0 Å². The molecule has 2 aromatic carbocycles. The molecule has 3 aromatic rings. The number of hydrogen-bond acceptors (Lipinski definition) is 3. The van der Waals surface area contributed by atoms with E-state index in [1.807, 2.05) is 41.0 Å². The Kier molecular flexibility index (Phi) is 4.27. The van der Waals surface area contributed by atoms with Crippen LogP contribution in [0.1, 0.15) is 11.1 Å². The Bertz CT molecular complexity index is 737. The number of hydrogen-bond donors (Lipinski definition) is 0. The zero-order chi connectivity index (χ0) is 14.7. The molecule has 0 radical (unpaired) electrons. The monoisotopic (exact) mass is 315 g/mol. The van der Waals surface area contributed by atoms with Gasteiger partial charge in [0.25, 0.3) is 0 Å². The summed E-state index contributed by atoms with van der Waals surface area (Å²) in [6, 6.07) is 16.1. The van der Waals surface area contributed by atoms with E-state index in [1.165, 1.54) is 11.1 Å². The van der Waals surface area contributed by atoms with Gasteiger partial charge in [-0.1, -0.05) is 53.7 Å². The molecule has 0 aliphatic heterocycles. The Balaban J connectivity index is 1.80. The van der Waals surface area contributed by atoms with Crippen molar-refractivity contribution in [3.05, 3.63) is 71.0 Å². The van der Waals surface area contributed by atoms with Crippen LogP contribution in [-0.4, -0.2) is 14.8 Å². The first-order valence-corrected chi connectivity index (χ1v) is 7.93. The summed E-state index contributed by atoms with van der Waals surface area (Å²) in [4.78, 5) is 0. The van der Waals surface area contributed by atoms with E-state index < -0.39 is 0 Å². The molecule has 0 aliphatic rings. The van der Waals surface area contributed by atoms with Crippen molar-refractivity contribution in [3.63, 3.8) is 0 Å². The topological polar surface area (TPSA) is 30.7 Å². The van der Waals surface area contributed by atoms with Gasteiger partial charge < -0.3 is 0 Å². The van der Waals surface area contributed by atoms with E-state index in [0.717, 1.165) is 21.6 Å². The lowest BCUT2D eigenvalue weighted by Crippen LogP contribution is -1.97. The van der Waals surface area contributed by atoms with Crippen LogP contribution in [0.25, 0.3) is 5.69 Å². The SMILES string of the molecule is Cc1ccccc1-n1cnnc1SCc1ccc(Cl)cc1. The summed E-state index contributed by atoms with van der Waals surface area (Å²) in [5.41, 5.74) is 3.52. The Labute approximate surface area is 133 Å². The summed E-state index contributed by atoms with van der Waals surface area (Å²) < 4.78 is 2.02. The van der Waals surface area contributed by atoms with Crippen molar-refractivity contribution in [2.45, 2.75) is 17.8 Å². The van der Waals surface area contributed by atoms with Gasteiger partial charge in [0.15, 0.2) is 5.16 Å².